The van der Waals surface area contributed by atoms with Crippen molar-refractivity contribution in [1.29, 1.82) is 0 Å². The Balaban J connectivity index is 0.00000121. The number of phosphoric ester groups is 1. The van der Waals surface area contributed by atoms with Gasteiger partial charge in [0.05, 0.1) is 0 Å². The molecule has 0 heterocycles. The van der Waals surface area contributed by atoms with Crippen LogP contribution in [0.3, 0.4) is 0 Å². The maximum absolute atomic E-state index is 10.3. The van der Waals surface area contributed by atoms with Gasteiger partial charge in [-0.2, -0.15) is 0 Å². The van der Waals surface area contributed by atoms with Gasteiger partial charge in [-0.3, -0.25) is 9.79 Å². The van der Waals surface area contributed by atoms with Gasteiger partial charge in [0.2, 0.25) is 0 Å². The van der Waals surface area contributed by atoms with E-state index in [1.54, 1.807) is 18.2 Å². The quantitative estimate of drug-likeness (QED) is 0.787. The van der Waals surface area contributed by atoms with E-state index >= 15 is 0 Å². The monoisotopic (exact) mass is 264 g/mol. The number of hydrogen-bond acceptors (Lipinski definition) is 2. The van der Waals surface area contributed by atoms with Crippen molar-refractivity contribution in [2.75, 3.05) is 0 Å². The maximum Gasteiger partial charge on any atom is 0.524 e. The molecule has 2 N–H and O–H groups in total. The average molecular weight is 265 g/mol. The van der Waals surface area contributed by atoms with Gasteiger partial charge in [0.15, 0.2) is 0 Å². The molecular formula is C6H7O4PZr. The number of rotatable bonds is 2. The molecule has 0 atom stereocenters. The van der Waals surface area contributed by atoms with E-state index in [1.165, 1.54) is 12.1 Å². The number of phosphoric acid groups is 1. The first-order chi connectivity index (χ1) is 5.08. The van der Waals surface area contributed by atoms with Crippen LogP contribution in [0.2, 0.25) is 0 Å². The van der Waals surface area contributed by atoms with Gasteiger partial charge in [-0.05, 0) is 12.1 Å². The van der Waals surface area contributed by atoms with Crippen LogP contribution in [0.5, 0.6) is 5.75 Å². The summed E-state index contributed by atoms with van der Waals surface area (Å²) in [5.74, 6) is 0.167. The van der Waals surface area contributed by atoms with Crippen LogP contribution in [0.15, 0.2) is 30.3 Å². The molecule has 0 bridgehead atoms. The zero-order valence-electron chi connectivity index (χ0n) is 6.04. The zero-order chi connectivity index (χ0) is 8.32. The van der Waals surface area contributed by atoms with Gasteiger partial charge >= 0.3 is 7.82 Å². The van der Waals surface area contributed by atoms with Gasteiger partial charge in [0.25, 0.3) is 0 Å². The normalized spacial score (nSPS) is 10.2. The molecule has 1 aromatic carbocycles. The minimum atomic E-state index is -4.39. The van der Waals surface area contributed by atoms with Gasteiger partial charge in [0, 0.05) is 26.2 Å². The van der Waals surface area contributed by atoms with Crippen LogP contribution in [0.4, 0.5) is 0 Å². The average Bonchev–Trinajstić information content (AvgIpc) is 1.85. The van der Waals surface area contributed by atoms with Crippen LogP contribution < -0.4 is 4.52 Å². The van der Waals surface area contributed by atoms with E-state index in [2.05, 4.69) is 4.52 Å². The molecule has 1 aromatic rings. The van der Waals surface area contributed by atoms with Crippen LogP contribution in [-0.4, -0.2) is 9.79 Å². The molecule has 0 saturated carbocycles. The summed E-state index contributed by atoms with van der Waals surface area (Å²) in [5.41, 5.74) is 0. The molecule has 0 unspecified atom stereocenters. The van der Waals surface area contributed by atoms with Gasteiger partial charge in [0.1, 0.15) is 5.75 Å². The van der Waals surface area contributed by atoms with E-state index in [0.29, 0.717) is 0 Å². The molecule has 0 fully saturated rings. The smallest absolute Gasteiger partial charge is 0.404 e. The molecule has 0 saturated heterocycles. The van der Waals surface area contributed by atoms with Crippen molar-refractivity contribution in [3.8, 4) is 5.75 Å². The summed E-state index contributed by atoms with van der Waals surface area (Å²) < 4.78 is 14.5. The second-order valence-corrected chi connectivity index (χ2v) is 3.06. The van der Waals surface area contributed by atoms with Gasteiger partial charge in [-0.1, -0.05) is 18.2 Å². The van der Waals surface area contributed by atoms with E-state index in [4.69, 9.17) is 9.79 Å². The second-order valence-electron chi connectivity index (χ2n) is 1.89. The van der Waals surface area contributed by atoms with Crippen molar-refractivity contribution in [1.82, 2.24) is 0 Å². The Labute approximate surface area is 88.9 Å². The van der Waals surface area contributed by atoms with Crippen molar-refractivity contribution < 1.29 is 45.1 Å². The third kappa shape index (κ3) is 4.84. The van der Waals surface area contributed by atoms with E-state index in [1.807, 2.05) is 0 Å². The Morgan fingerprint density at radius 2 is 1.67 bits per heavy atom. The first-order valence-electron chi connectivity index (χ1n) is 2.88. The number of benzene rings is 1. The van der Waals surface area contributed by atoms with Gasteiger partial charge in [-0.15, -0.1) is 0 Å². The fourth-order valence-electron chi connectivity index (χ4n) is 0.619. The molecule has 0 aliphatic rings. The number of hydrogen-bond donors (Lipinski definition) is 2. The van der Waals surface area contributed by atoms with E-state index < -0.39 is 7.82 Å². The standard InChI is InChI=1S/C6H7O4P.Zr/c7-11(8,9)10-6-4-2-1-3-5-6;/h1-5H,(H2,7,8,9);. The summed E-state index contributed by atoms with van der Waals surface area (Å²) in [5, 5.41) is 0. The topological polar surface area (TPSA) is 66.8 Å². The predicted octanol–water partition coefficient (Wildman–Crippen LogP) is 1.16. The summed E-state index contributed by atoms with van der Waals surface area (Å²) >= 11 is 0. The van der Waals surface area contributed by atoms with Crippen LogP contribution in [-0.2, 0) is 30.8 Å². The van der Waals surface area contributed by atoms with Crippen molar-refractivity contribution in [2.45, 2.75) is 0 Å². The number of para-hydroxylation sites is 1. The third-order valence-corrected chi connectivity index (χ3v) is 1.42. The summed E-state index contributed by atoms with van der Waals surface area (Å²) in [4.78, 5) is 16.7. The van der Waals surface area contributed by atoms with E-state index in [0.717, 1.165) is 0 Å². The first-order valence-corrected chi connectivity index (χ1v) is 4.41. The molecule has 4 nitrogen and oxygen atoms in total. The fraction of sp³-hybridized carbons (Fsp3) is 0. The van der Waals surface area contributed by atoms with Crippen molar-refractivity contribution in [2.24, 2.45) is 0 Å². The van der Waals surface area contributed by atoms with Gasteiger partial charge < -0.3 is 4.52 Å². The maximum atomic E-state index is 10.3. The third-order valence-electron chi connectivity index (χ3n) is 0.968. The molecule has 0 amide bonds. The molecule has 6 heteroatoms. The molecule has 0 spiro atoms. The zero-order valence-corrected chi connectivity index (χ0v) is 9.40. The Kier molecular flexibility index (Phi) is 4.95. The summed E-state index contributed by atoms with van der Waals surface area (Å²) in [6, 6.07) is 7.93. The van der Waals surface area contributed by atoms with Crippen LogP contribution in [0.25, 0.3) is 0 Å². The Bertz CT molecular complexity index is 270. The molecule has 0 radical (unpaired) electrons. The van der Waals surface area contributed by atoms with Crippen molar-refractivity contribution in [3.05, 3.63) is 30.3 Å². The van der Waals surface area contributed by atoms with Gasteiger partial charge in [-0.25, -0.2) is 4.57 Å². The molecular weight excluding hydrogens is 258 g/mol. The molecule has 64 valence electrons. The minimum absolute atomic E-state index is 0. The molecule has 1 rings (SSSR count). The first kappa shape index (κ1) is 12.1. The van der Waals surface area contributed by atoms with Crippen molar-refractivity contribution in [3.63, 3.8) is 0 Å². The largest absolute Gasteiger partial charge is 0.524 e. The molecule has 0 aromatic heterocycles. The summed E-state index contributed by atoms with van der Waals surface area (Å²) in [6.45, 7) is 0. The van der Waals surface area contributed by atoms with Crippen LogP contribution >= 0.6 is 7.82 Å². The Morgan fingerprint density at radius 3 is 2.08 bits per heavy atom. The Morgan fingerprint density at radius 1 is 1.17 bits per heavy atom. The summed E-state index contributed by atoms with van der Waals surface area (Å²) in [7, 11) is -4.39. The SMILES string of the molecule is O=P(O)(O)Oc1ccccc1.[Zr]. The summed E-state index contributed by atoms with van der Waals surface area (Å²) in [6.07, 6.45) is 0. The van der Waals surface area contributed by atoms with Crippen LogP contribution in [0.1, 0.15) is 0 Å². The fourth-order valence-corrected chi connectivity index (χ4v) is 1.02. The molecule has 0 aliphatic carbocycles. The van der Waals surface area contributed by atoms with E-state index in [9.17, 15) is 4.57 Å². The van der Waals surface area contributed by atoms with Crippen LogP contribution in [0, 0.1) is 0 Å². The molecule has 0 aliphatic heterocycles. The second kappa shape index (κ2) is 4.93. The van der Waals surface area contributed by atoms with E-state index in [-0.39, 0.29) is 32.0 Å². The molecule has 12 heavy (non-hydrogen) atoms. The predicted molar refractivity (Wildman–Crippen MR) is 39.1 cm³/mol. The minimum Gasteiger partial charge on any atom is -0.404 e. The van der Waals surface area contributed by atoms with Crippen molar-refractivity contribution >= 4 is 7.82 Å². The Hall–Kier alpha value is 0.0531.